The number of rotatable bonds is 3. The highest BCUT2D eigenvalue weighted by Gasteiger charge is 2.34. The Bertz CT molecular complexity index is 635. The van der Waals surface area contributed by atoms with Crippen molar-refractivity contribution in [3.05, 3.63) is 28.3 Å². The molecule has 1 heterocycles. The first kappa shape index (κ1) is 15.6. The van der Waals surface area contributed by atoms with Gasteiger partial charge in [-0.05, 0) is 37.1 Å². The van der Waals surface area contributed by atoms with Gasteiger partial charge in [-0.1, -0.05) is 11.6 Å². The molecule has 4 nitrogen and oxygen atoms in total. The molecule has 0 aromatic heterocycles. The number of hydrogen-bond acceptors (Lipinski definition) is 3. The van der Waals surface area contributed by atoms with Gasteiger partial charge in [0.25, 0.3) is 0 Å². The van der Waals surface area contributed by atoms with E-state index in [0.717, 1.165) is 16.8 Å². The van der Waals surface area contributed by atoms with Crippen LogP contribution in [-0.4, -0.2) is 26.6 Å². The van der Waals surface area contributed by atoms with Crippen molar-refractivity contribution >= 4 is 42.9 Å². The van der Waals surface area contributed by atoms with Crippen LogP contribution in [0.1, 0.15) is 17.5 Å². The van der Waals surface area contributed by atoms with E-state index in [9.17, 15) is 13.2 Å². The average Bonchev–Trinajstić information content (AvgIpc) is 2.55. The van der Waals surface area contributed by atoms with E-state index < -0.39 is 9.05 Å². The summed E-state index contributed by atoms with van der Waals surface area (Å²) in [5, 5.41) is 0.621. The molecular formula is C13H15Cl2NO3S. The van der Waals surface area contributed by atoms with Crippen LogP contribution in [0.3, 0.4) is 0 Å². The average molecular weight is 336 g/mol. The second-order valence-electron chi connectivity index (χ2n) is 5.17. The van der Waals surface area contributed by atoms with Gasteiger partial charge in [-0.2, -0.15) is 0 Å². The Morgan fingerprint density at radius 1 is 1.30 bits per heavy atom. The Labute approximate surface area is 128 Å². The summed E-state index contributed by atoms with van der Waals surface area (Å²) in [7, 11) is 1.67. The molecule has 1 aromatic rings. The molecule has 0 saturated carbocycles. The zero-order valence-corrected chi connectivity index (χ0v) is 13.5. The van der Waals surface area contributed by atoms with Crippen LogP contribution in [0.25, 0.3) is 0 Å². The zero-order chi connectivity index (χ0) is 15.1. The summed E-state index contributed by atoms with van der Waals surface area (Å²) in [6.45, 7) is 4.13. The van der Waals surface area contributed by atoms with Crippen molar-refractivity contribution in [2.24, 2.45) is 5.92 Å². The maximum Gasteiger partial charge on any atom is 0.232 e. The van der Waals surface area contributed by atoms with Crippen LogP contribution in [0.2, 0.25) is 5.02 Å². The lowest BCUT2D eigenvalue weighted by atomic mass is 10.1. The Kier molecular flexibility index (Phi) is 4.33. The van der Waals surface area contributed by atoms with Gasteiger partial charge in [-0.3, -0.25) is 4.79 Å². The molecule has 1 aliphatic heterocycles. The third-order valence-corrected chi connectivity index (χ3v) is 4.83. The lowest BCUT2D eigenvalue weighted by Crippen LogP contribution is -2.27. The third-order valence-electron chi connectivity index (χ3n) is 3.37. The van der Waals surface area contributed by atoms with Gasteiger partial charge in [-0.15, -0.1) is 0 Å². The first-order valence-electron chi connectivity index (χ1n) is 6.17. The lowest BCUT2D eigenvalue weighted by molar-refractivity contribution is -0.117. The molecule has 1 saturated heterocycles. The summed E-state index contributed by atoms with van der Waals surface area (Å²) in [5.74, 6) is -0.522. The normalized spacial score (nSPS) is 19.7. The zero-order valence-electron chi connectivity index (χ0n) is 11.2. The summed E-state index contributed by atoms with van der Waals surface area (Å²) in [5.41, 5.74) is 2.62. The molecule has 1 unspecified atom stereocenters. The molecule has 20 heavy (non-hydrogen) atoms. The highest BCUT2D eigenvalue weighted by Crippen LogP contribution is 2.33. The van der Waals surface area contributed by atoms with Gasteiger partial charge in [0.05, 0.1) is 5.75 Å². The Balaban J connectivity index is 2.29. The van der Waals surface area contributed by atoms with E-state index in [1.807, 2.05) is 13.8 Å². The smallest absolute Gasteiger partial charge is 0.232 e. The summed E-state index contributed by atoms with van der Waals surface area (Å²) in [6, 6.07) is 3.59. The van der Waals surface area contributed by atoms with Crippen LogP contribution in [-0.2, 0) is 13.8 Å². The number of carbonyl (C=O) groups excluding carboxylic acids is 1. The second kappa shape index (κ2) is 5.54. The van der Waals surface area contributed by atoms with Crippen molar-refractivity contribution in [3.63, 3.8) is 0 Å². The number of anilines is 1. The van der Waals surface area contributed by atoms with Crippen molar-refractivity contribution < 1.29 is 13.2 Å². The maximum atomic E-state index is 12.1. The van der Waals surface area contributed by atoms with E-state index in [1.54, 1.807) is 17.0 Å². The molecule has 2 rings (SSSR count). The third kappa shape index (κ3) is 3.45. The number of hydrogen-bond donors (Lipinski definition) is 0. The van der Waals surface area contributed by atoms with Gasteiger partial charge in [-0.25, -0.2) is 8.42 Å². The quantitative estimate of drug-likeness (QED) is 0.798. The van der Waals surface area contributed by atoms with Crippen molar-refractivity contribution in [3.8, 4) is 0 Å². The maximum absolute atomic E-state index is 12.1. The van der Waals surface area contributed by atoms with Gasteiger partial charge >= 0.3 is 0 Å². The van der Waals surface area contributed by atoms with E-state index in [4.69, 9.17) is 22.3 Å². The molecule has 0 radical (unpaired) electrons. The Morgan fingerprint density at radius 3 is 2.35 bits per heavy atom. The fourth-order valence-electron chi connectivity index (χ4n) is 2.72. The van der Waals surface area contributed by atoms with Crippen molar-refractivity contribution in [2.75, 3.05) is 17.2 Å². The predicted octanol–water partition coefficient (Wildman–Crippen LogP) is 2.88. The van der Waals surface area contributed by atoms with Crippen LogP contribution in [0.15, 0.2) is 12.1 Å². The van der Waals surface area contributed by atoms with Crippen LogP contribution in [0, 0.1) is 19.8 Å². The minimum atomic E-state index is -3.59. The van der Waals surface area contributed by atoms with E-state index in [2.05, 4.69) is 0 Å². The summed E-state index contributed by atoms with van der Waals surface area (Å²) in [4.78, 5) is 13.7. The molecule has 1 aromatic carbocycles. The summed E-state index contributed by atoms with van der Waals surface area (Å²) in [6.07, 6.45) is 0.202. The molecular weight excluding hydrogens is 321 g/mol. The topological polar surface area (TPSA) is 54.5 Å². The fourth-order valence-corrected chi connectivity index (χ4v) is 4.37. The van der Waals surface area contributed by atoms with E-state index >= 15 is 0 Å². The highest BCUT2D eigenvalue weighted by molar-refractivity contribution is 8.13. The molecule has 0 N–H and O–H groups in total. The number of halogens is 2. The van der Waals surface area contributed by atoms with Gasteiger partial charge in [0.15, 0.2) is 0 Å². The van der Waals surface area contributed by atoms with Gasteiger partial charge in [0.1, 0.15) is 0 Å². The van der Waals surface area contributed by atoms with Gasteiger partial charge in [0.2, 0.25) is 15.0 Å². The van der Waals surface area contributed by atoms with Crippen molar-refractivity contribution in [1.82, 2.24) is 0 Å². The first-order chi connectivity index (χ1) is 9.17. The van der Waals surface area contributed by atoms with Crippen molar-refractivity contribution in [2.45, 2.75) is 20.3 Å². The highest BCUT2D eigenvalue weighted by atomic mass is 35.7. The Morgan fingerprint density at radius 2 is 1.85 bits per heavy atom. The molecule has 1 aliphatic rings. The molecule has 1 amide bonds. The van der Waals surface area contributed by atoms with Crippen molar-refractivity contribution in [1.29, 1.82) is 0 Å². The number of benzene rings is 1. The van der Waals surface area contributed by atoms with E-state index in [1.165, 1.54) is 0 Å². The molecule has 110 valence electrons. The number of carbonyl (C=O) groups is 1. The number of nitrogens with zero attached hydrogens (tertiary/aromatic N) is 1. The predicted molar refractivity (Wildman–Crippen MR) is 81.0 cm³/mol. The summed E-state index contributed by atoms with van der Waals surface area (Å²) >= 11 is 5.98. The fraction of sp³-hybridized carbons (Fsp3) is 0.462. The molecule has 1 fully saturated rings. The molecule has 0 aliphatic carbocycles. The molecule has 1 atom stereocenters. The standard InChI is InChI=1S/C13H15Cl2NO3S/c1-8-3-11(14)4-9(2)13(8)16-6-10(5-12(16)17)7-20(15,18)19/h3-4,10H,5-7H2,1-2H3. The monoisotopic (exact) mass is 335 g/mol. The van der Waals surface area contributed by atoms with Crippen LogP contribution in [0.4, 0.5) is 5.69 Å². The largest absolute Gasteiger partial charge is 0.312 e. The summed E-state index contributed by atoms with van der Waals surface area (Å²) < 4.78 is 22.3. The Hall–Kier alpha value is -0.780. The second-order valence-corrected chi connectivity index (χ2v) is 8.43. The molecule has 0 bridgehead atoms. The molecule has 0 spiro atoms. The van der Waals surface area contributed by atoms with Crippen LogP contribution < -0.4 is 4.90 Å². The van der Waals surface area contributed by atoms with E-state index in [-0.39, 0.29) is 24.0 Å². The number of aryl methyl sites for hydroxylation is 2. The minimum Gasteiger partial charge on any atom is -0.312 e. The SMILES string of the molecule is Cc1cc(Cl)cc(C)c1N1CC(CS(=O)(=O)Cl)CC1=O. The first-order valence-corrected chi connectivity index (χ1v) is 9.02. The molecule has 7 heteroatoms. The van der Waals surface area contributed by atoms with Crippen LogP contribution >= 0.6 is 22.3 Å². The minimum absolute atomic E-state index is 0.0798. The number of amides is 1. The lowest BCUT2D eigenvalue weighted by Gasteiger charge is -2.21. The van der Waals surface area contributed by atoms with Gasteiger partial charge in [0, 0.05) is 40.3 Å². The van der Waals surface area contributed by atoms with Crippen LogP contribution in [0.5, 0.6) is 0 Å². The van der Waals surface area contributed by atoms with E-state index in [0.29, 0.717) is 11.6 Å². The van der Waals surface area contributed by atoms with Gasteiger partial charge < -0.3 is 4.90 Å².